The number of nitrogens with one attached hydrogen (secondary N) is 2. The third-order valence-corrected chi connectivity index (χ3v) is 6.58. The third-order valence-electron chi connectivity index (χ3n) is 6.58. The molecule has 5 rings (SSSR count). The zero-order valence-electron chi connectivity index (χ0n) is 17.5. The molecule has 3 heterocycles. The first-order valence-corrected chi connectivity index (χ1v) is 11.1. The number of para-hydroxylation sites is 2. The first-order chi connectivity index (χ1) is 14.6. The summed E-state index contributed by atoms with van der Waals surface area (Å²) in [4.78, 5) is 24.7. The van der Waals surface area contributed by atoms with Crippen LogP contribution in [0.3, 0.4) is 0 Å². The zero-order chi connectivity index (χ0) is 20.6. The highest BCUT2D eigenvalue weighted by molar-refractivity contribution is 6.10. The number of aryl methyl sites for hydroxylation is 1. The molecule has 1 aliphatic carbocycles. The van der Waals surface area contributed by atoms with Crippen molar-refractivity contribution in [2.24, 2.45) is 4.99 Å². The Bertz CT molecular complexity index is 964. The second-order valence-corrected chi connectivity index (χ2v) is 8.81. The van der Waals surface area contributed by atoms with Crippen molar-refractivity contribution < 1.29 is 4.79 Å². The minimum absolute atomic E-state index is 0.0439. The predicted octanol–water partition coefficient (Wildman–Crippen LogP) is 4.24. The predicted molar refractivity (Wildman–Crippen MR) is 120 cm³/mol. The standard InChI is InChI=1S/C24H29N5O/c1-17-11-12-18(15-25-17)22(30)29-14-6-13-24(16-29)23(26-19-7-2-3-8-19)27-20-9-4-5-10-21(20)28-24/h4-5,9-12,15,19,28H,2-3,6-8,13-14,16H2,1H3,(H,26,27)/t24-/m1/s1. The number of pyridine rings is 1. The van der Waals surface area contributed by atoms with E-state index in [1.807, 2.05) is 36.1 Å². The van der Waals surface area contributed by atoms with Gasteiger partial charge in [0.1, 0.15) is 11.4 Å². The van der Waals surface area contributed by atoms with E-state index in [9.17, 15) is 4.79 Å². The summed E-state index contributed by atoms with van der Waals surface area (Å²) in [6.07, 6.45) is 8.39. The van der Waals surface area contributed by atoms with Gasteiger partial charge in [0.15, 0.2) is 0 Å². The molecule has 1 saturated heterocycles. The second kappa shape index (κ2) is 7.74. The van der Waals surface area contributed by atoms with Gasteiger partial charge in [-0.25, -0.2) is 0 Å². The number of aromatic nitrogens is 1. The molecule has 6 heteroatoms. The molecule has 1 aromatic heterocycles. The molecule has 1 atom stereocenters. The highest BCUT2D eigenvalue weighted by Gasteiger charge is 2.45. The summed E-state index contributed by atoms with van der Waals surface area (Å²) in [5.74, 6) is 1.04. The Morgan fingerprint density at radius 1 is 1.13 bits per heavy atom. The molecule has 30 heavy (non-hydrogen) atoms. The Balaban J connectivity index is 1.47. The molecule has 0 unspecified atom stereocenters. The monoisotopic (exact) mass is 403 g/mol. The summed E-state index contributed by atoms with van der Waals surface area (Å²) in [5, 5.41) is 7.41. The Morgan fingerprint density at radius 2 is 1.93 bits per heavy atom. The Hall–Kier alpha value is -2.89. The summed E-state index contributed by atoms with van der Waals surface area (Å²) in [6, 6.07) is 12.4. The van der Waals surface area contributed by atoms with Crippen molar-refractivity contribution >= 4 is 23.1 Å². The third kappa shape index (κ3) is 3.55. The van der Waals surface area contributed by atoms with Crippen molar-refractivity contribution in [1.29, 1.82) is 0 Å². The maximum absolute atomic E-state index is 13.2. The van der Waals surface area contributed by atoms with Gasteiger partial charge in [0, 0.05) is 18.4 Å². The molecule has 1 spiro atoms. The average molecular weight is 404 g/mol. The normalized spacial score (nSPS) is 25.1. The number of carbonyl (C=O) groups is 1. The lowest BCUT2D eigenvalue weighted by atomic mass is 9.84. The molecular formula is C24H29N5O. The molecule has 1 aromatic carbocycles. The van der Waals surface area contributed by atoms with Crippen LogP contribution in [0.2, 0.25) is 0 Å². The van der Waals surface area contributed by atoms with Gasteiger partial charge in [0.05, 0.1) is 29.5 Å². The summed E-state index contributed by atoms with van der Waals surface area (Å²) in [7, 11) is 0. The summed E-state index contributed by atoms with van der Waals surface area (Å²) in [6.45, 7) is 3.30. The van der Waals surface area contributed by atoms with E-state index in [-0.39, 0.29) is 11.4 Å². The van der Waals surface area contributed by atoms with Gasteiger partial charge in [0.2, 0.25) is 0 Å². The molecular weight excluding hydrogens is 374 g/mol. The molecule has 0 bridgehead atoms. The van der Waals surface area contributed by atoms with Gasteiger partial charge in [0.25, 0.3) is 5.91 Å². The van der Waals surface area contributed by atoms with Gasteiger partial charge >= 0.3 is 0 Å². The summed E-state index contributed by atoms with van der Waals surface area (Å²) >= 11 is 0. The van der Waals surface area contributed by atoms with E-state index < -0.39 is 0 Å². The fraction of sp³-hybridized carbons (Fsp3) is 0.458. The number of piperidine rings is 1. The number of hydrogen-bond donors (Lipinski definition) is 2. The summed E-state index contributed by atoms with van der Waals surface area (Å²) < 4.78 is 0. The van der Waals surface area contributed by atoms with E-state index in [0.717, 1.165) is 55.1 Å². The van der Waals surface area contributed by atoms with Gasteiger partial charge in [-0.15, -0.1) is 0 Å². The molecule has 3 aliphatic rings. The van der Waals surface area contributed by atoms with Crippen LogP contribution < -0.4 is 10.6 Å². The van der Waals surface area contributed by atoms with Crippen molar-refractivity contribution in [2.45, 2.75) is 57.0 Å². The van der Waals surface area contributed by atoms with E-state index in [1.165, 1.54) is 12.8 Å². The van der Waals surface area contributed by atoms with Gasteiger partial charge in [-0.05, 0) is 56.9 Å². The minimum atomic E-state index is -0.372. The summed E-state index contributed by atoms with van der Waals surface area (Å²) in [5.41, 5.74) is 3.34. The SMILES string of the molecule is Cc1ccc(C(=O)N2CCC[C@]3(C2)Nc2ccccc2NC3=NC2CCCC2)cn1. The van der Waals surface area contributed by atoms with Crippen LogP contribution in [0.15, 0.2) is 47.6 Å². The van der Waals surface area contributed by atoms with E-state index in [2.05, 4.69) is 27.8 Å². The molecule has 2 aromatic rings. The van der Waals surface area contributed by atoms with Crippen LogP contribution in [0.25, 0.3) is 0 Å². The molecule has 6 nitrogen and oxygen atoms in total. The first kappa shape index (κ1) is 19.1. The number of likely N-dealkylation sites (tertiary alicyclic amines) is 1. The van der Waals surface area contributed by atoms with Crippen molar-refractivity contribution in [1.82, 2.24) is 9.88 Å². The maximum atomic E-state index is 13.2. The van der Waals surface area contributed by atoms with Gasteiger partial charge in [-0.3, -0.25) is 14.8 Å². The average Bonchev–Trinajstić information content (AvgIpc) is 3.28. The molecule has 2 aliphatic heterocycles. The molecule has 1 saturated carbocycles. The van der Waals surface area contributed by atoms with Crippen LogP contribution in [-0.4, -0.2) is 46.3 Å². The lowest BCUT2D eigenvalue weighted by molar-refractivity contribution is 0.0694. The number of benzene rings is 1. The van der Waals surface area contributed by atoms with Crippen molar-refractivity contribution in [3.63, 3.8) is 0 Å². The number of aliphatic imine (C=N–C) groups is 1. The topological polar surface area (TPSA) is 69.6 Å². The number of nitrogens with zero attached hydrogens (tertiary/aromatic N) is 3. The van der Waals surface area contributed by atoms with Crippen molar-refractivity contribution in [3.05, 3.63) is 53.9 Å². The zero-order valence-corrected chi connectivity index (χ0v) is 17.5. The molecule has 1 amide bonds. The maximum Gasteiger partial charge on any atom is 0.255 e. The smallest absolute Gasteiger partial charge is 0.255 e. The van der Waals surface area contributed by atoms with Gasteiger partial charge in [-0.1, -0.05) is 25.0 Å². The Kier molecular flexibility index (Phi) is 4.93. The quantitative estimate of drug-likeness (QED) is 0.787. The lowest BCUT2D eigenvalue weighted by Gasteiger charge is -2.47. The largest absolute Gasteiger partial charge is 0.370 e. The molecule has 2 fully saturated rings. The second-order valence-electron chi connectivity index (χ2n) is 8.81. The van der Waals surface area contributed by atoms with Crippen molar-refractivity contribution in [2.75, 3.05) is 23.7 Å². The number of hydrogen-bond acceptors (Lipinski definition) is 4. The van der Waals surface area contributed by atoms with Crippen LogP contribution in [0.1, 0.15) is 54.6 Å². The number of anilines is 2. The van der Waals surface area contributed by atoms with Crippen molar-refractivity contribution in [3.8, 4) is 0 Å². The highest BCUT2D eigenvalue weighted by atomic mass is 16.2. The van der Waals surface area contributed by atoms with Crippen LogP contribution in [-0.2, 0) is 0 Å². The molecule has 2 N–H and O–H groups in total. The Labute approximate surface area is 177 Å². The van der Waals surface area contributed by atoms with E-state index in [0.29, 0.717) is 18.2 Å². The van der Waals surface area contributed by atoms with E-state index in [4.69, 9.17) is 4.99 Å². The molecule has 156 valence electrons. The lowest BCUT2D eigenvalue weighted by Crippen LogP contribution is -2.62. The fourth-order valence-corrected chi connectivity index (χ4v) is 4.94. The van der Waals surface area contributed by atoms with Gasteiger partial charge < -0.3 is 15.5 Å². The van der Waals surface area contributed by atoms with E-state index >= 15 is 0 Å². The van der Waals surface area contributed by atoms with E-state index in [1.54, 1.807) is 6.20 Å². The Morgan fingerprint density at radius 3 is 2.70 bits per heavy atom. The number of amidine groups is 1. The number of rotatable bonds is 2. The van der Waals surface area contributed by atoms with Gasteiger partial charge in [-0.2, -0.15) is 0 Å². The molecule has 0 radical (unpaired) electrons. The van der Waals surface area contributed by atoms with Crippen LogP contribution in [0.4, 0.5) is 11.4 Å². The van der Waals surface area contributed by atoms with Crippen LogP contribution in [0, 0.1) is 6.92 Å². The number of fused-ring (bicyclic) bond motifs is 1. The van der Waals surface area contributed by atoms with Crippen LogP contribution in [0.5, 0.6) is 0 Å². The number of carbonyl (C=O) groups excluding carboxylic acids is 1. The fourth-order valence-electron chi connectivity index (χ4n) is 4.94. The minimum Gasteiger partial charge on any atom is -0.370 e. The van der Waals surface area contributed by atoms with Crippen LogP contribution >= 0.6 is 0 Å². The number of amides is 1. The first-order valence-electron chi connectivity index (χ1n) is 11.1. The highest BCUT2D eigenvalue weighted by Crippen LogP contribution is 2.37.